The minimum atomic E-state index is -4.37. The van der Waals surface area contributed by atoms with Gasteiger partial charge in [-0.25, -0.2) is 4.68 Å². The molecule has 92 valence electrons. The first-order valence-corrected chi connectivity index (χ1v) is 5.09. The quantitative estimate of drug-likeness (QED) is 0.882. The highest BCUT2D eigenvalue weighted by molar-refractivity contribution is 5.88. The van der Waals surface area contributed by atoms with E-state index in [4.69, 9.17) is 0 Å². The van der Waals surface area contributed by atoms with E-state index in [1.807, 2.05) is 0 Å². The summed E-state index contributed by atoms with van der Waals surface area (Å²) in [6.45, 7) is 2.27. The molecule has 0 aliphatic carbocycles. The van der Waals surface area contributed by atoms with Crippen molar-refractivity contribution in [1.82, 2.24) is 15.0 Å². The molecule has 0 saturated carbocycles. The Labute approximate surface area is 95.4 Å². The fourth-order valence-corrected chi connectivity index (χ4v) is 1.66. The molecule has 7 heteroatoms. The summed E-state index contributed by atoms with van der Waals surface area (Å²) in [4.78, 5) is 0. The standard InChI is InChI=1S/C10H11F3N4/c1-3-17-8-5-6(10(11,12)13)4-7(14-2)9(8)15-16-17/h4-5,14H,3H2,1-2H3. The summed E-state index contributed by atoms with van der Waals surface area (Å²) in [5.74, 6) is 0. The molecule has 0 spiro atoms. The van der Waals surface area contributed by atoms with Gasteiger partial charge in [0.2, 0.25) is 0 Å². The fourth-order valence-electron chi connectivity index (χ4n) is 1.66. The van der Waals surface area contributed by atoms with E-state index in [1.54, 1.807) is 14.0 Å². The molecule has 0 atom stereocenters. The van der Waals surface area contributed by atoms with Crippen molar-refractivity contribution in [2.75, 3.05) is 12.4 Å². The Balaban J connectivity index is 2.74. The van der Waals surface area contributed by atoms with Gasteiger partial charge >= 0.3 is 6.18 Å². The van der Waals surface area contributed by atoms with E-state index in [0.717, 1.165) is 12.1 Å². The predicted octanol–water partition coefficient (Wildman–Crippen LogP) is 2.51. The van der Waals surface area contributed by atoms with Crippen LogP contribution < -0.4 is 5.32 Å². The maximum atomic E-state index is 12.7. The topological polar surface area (TPSA) is 42.7 Å². The Morgan fingerprint density at radius 3 is 2.59 bits per heavy atom. The Hall–Kier alpha value is -1.79. The molecule has 17 heavy (non-hydrogen) atoms. The lowest BCUT2D eigenvalue weighted by molar-refractivity contribution is -0.137. The van der Waals surface area contributed by atoms with Crippen LogP contribution in [0.2, 0.25) is 0 Å². The first-order valence-electron chi connectivity index (χ1n) is 5.09. The summed E-state index contributed by atoms with van der Waals surface area (Å²) >= 11 is 0. The smallest absolute Gasteiger partial charge is 0.386 e. The van der Waals surface area contributed by atoms with Gasteiger partial charge in [0.05, 0.1) is 16.8 Å². The molecule has 0 fully saturated rings. The second kappa shape index (κ2) is 3.90. The van der Waals surface area contributed by atoms with Gasteiger partial charge in [-0.1, -0.05) is 5.21 Å². The van der Waals surface area contributed by atoms with E-state index in [2.05, 4.69) is 15.6 Å². The van der Waals surface area contributed by atoms with Crippen LogP contribution in [0.3, 0.4) is 0 Å². The van der Waals surface area contributed by atoms with Crippen molar-refractivity contribution in [3.05, 3.63) is 17.7 Å². The first-order chi connectivity index (χ1) is 7.97. The first kappa shape index (κ1) is 11.7. The lowest BCUT2D eigenvalue weighted by atomic mass is 10.1. The van der Waals surface area contributed by atoms with Crippen molar-refractivity contribution < 1.29 is 13.2 Å². The average Bonchev–Trinajstić information content (AvgIpc) is 2.69. The molecule has 1 aromatic carbocycles. The summed E-state index contributed by atoms with van der Waals surface area (Å²) in [7, 11) is 1.56. The Kier molecular flexibility index (Phi) is 2.68. The molecule has 2 rings (SSSR count). The van der Waals surface area contributed by atoms with Gasteiger partial charge in [0, 0.05) is 13.6 Å². The zero-order valence-corrected chi connectivity index (χ0v) is 9.34. The van der Waals surface area contributed by atoms with Crippen LogP contribution in [-0.2, 0) is 12.7 Å². The van der Waals surface area contributed by atoms with Gasteiger partial charge in [0.1, 0.15) is 5.52 Å². The maximum Gasteiger partial charge on any atom is 0.416 e. The Morgan fingerprint density at radius 2 is 2.06 bits per heavy atom. The van der Waals surface area contributed by atoms with Crippen molar-refractivity contribution in [3.63, 3.8) is 0 Å². The summed E-state index contributed by atoms with van der Waals surface area (Å²) < 4.78 is 39.5. The number of fused-ring (bicyclic) bond motifs is 1. The predicted molar refractivity (Wildman–Crippen MR) is 57.8 cm³/mol. The highest BCUT2D eigenvalue weighted by Crippen LogP contribution is 2.34. The molecule has 1 aromatic heterocycles. The summed E-state index contributed by atoms with van der Waals surface area (Å²) in [6, 6.07) is 2.11. The highest BCUT2D eigenvalue weighted by atomic mass is 19.4. The van der Waals surface area contributed by atoms with Gasteiger partial charge in [-0.15, -0.1) is 5.10 Å². The summed E-state index contributed by atoms with van der Waals surface area (Å²) in [5, 5.41) is 10.4. The van der Waals surface area contributed by atoms with E-state index < -0.39 is 11.7 Å². The van der Waals surface area contributed by atoms with Gasteiger partial charge < -0.3 is 5.32 Å². The Morgan fingerprint density at radius 1 is 1.35 bits per heavy atom. The number of alkyl halides is 3. The molecular weight excluding hydrogens is 233 g/mol. The van der Waals surface area contributed by atoms with Crippen molar-refractivity contribution in [2.24, 2.45) is 0 Å². The van der Waals surface area contributed by atoms with E-state index in [0.29, 0.717) is 23.3 Å². The molecule has 0 radical (unpaired) electrons. The second-order valence-electron chi connectivity index (χ2n) is 3.54. The minimum Gasteiger partial charge on any atom is -0.386 e. The molecule has 0 aliphatic rings. The van der Waals surface area contributed by atoms with Crippen LogP contribution in [0.15, 0.2) is 12.1 Å². The van der Waals surface area contributed by atoms with Gasteiger partial charge in [0.25, 0.3) is 0 Å². The highest BCUT2D eigenvalue weighted by Gasteiger charge is 2.32. The number of hydrogen-bond donors (Lipinski definition) is 1. The number of nitrogens with one attached hydrogen (secondary N) is 1. The lowest BCUT2D eigenvalue weighted by Gasteiger charge is -2.09. The number of anilines is 1. The van der Waals surface area contributed by atoms with Gasteiger partial charge in [0.15, 0.2) is 0 Å². The normalized spacial score (nSPS) is 12.1. The molecule has 1 N–H and O–H groups in total. The number of aryl methyl sites for hydroxylation is 1. The number of aromatic nitrogens is 3. The molecule has 0 amide bonds. The van der Waals surface area contributed by atoms with E-state index in [9.17, 15) is 13.2 Å². The zero-order valence-electron chi connectivity index (χ0n) is 9.34. The number of rotatable bonds is 2. The van der Waals surface area contributed by atoms with E-state index in [1.165, 1.54) is 4.68 Å². The van der Waals surface area contributed by atoms with Gasteiger partial charge in [-0.3, -0.25) is 0 Å². The van der Waals surface area contributed by atoms with Crippen LogP contribution in [0, 0.1) is 0 Å². The second-order valence-corrected chi connectivity index (χ2v) is 3.54. The van der Waals surface area contributed by atoms with Crippen LogP contribution in [-0.4, -0.2) is 22.0 Å². The summed E-state index contributed by atoms with van der Waals surface area (Å²) in [5.41, 5.74) is 0.454. The van der Waals surface area contributed by atoms with Crippen LogP contribution >= 0.6 is 0 Å². The third kappa shape index (κ3) is 1.92. The molecule has 0 bridgehead atoms. The zero-order chi connectivity index (χ0) is 12.6. The van der Waals surface area contributed by atoms with E-state index in [-0.39, 0.29) is 0 Å². The molecular formula is C10H11F3N4. The molecule has 0 unspecified atom stereocenters. The fraction of sp³-hybridized carbons (Fsp3) is 0.400. The van der Waals surface area contributed by atoms with Crippen LogP contribution in [0.4, 0.5) is 18.9 Å². The average molecular weight is 244 g/mol. The van der Waals surface area contributed by atoms with Crippen molar-refractivity contribution in [3.8, 4) is 0 Å². The maximum absolute atomic E-state index is 12.7. The number of benzene rings is 1. The molecule has 2 aromatic rings. The number of halogens is 3. The van der Waals surface area contributed by atoms with Gasteiger partial charge in [-0.2, -0.15) is 13.2 Å². The number of nitrogens with zero attached hydrogens (tertiary/aromatic N) is 3. The van der Waals surface area contributed by atoms with Crippen LogP contribution in [0.1, 0.15) is 12.5 Å². The molecule has 4 nitrogen and oxygen atoms in total. The molecule has 1 heterocycles. The monoisotopic (exact) mass is 244 g/mol. The van der Waals surface area contributed by atoms with Crippen molar-refractivity contribution in [1.29, 1.82) is 0 Å². The van der Waals surface area contributed by atoms with E-state index >= 15 is 0 Å². The molecule has 0 saturated heterocycles. The minimum absolute atomic E-state index is 0.328. The largest absolute Gasteiger partial charge is 0.416 e. The summed E-state index contributed by atoms with van der Waals surface area (Å²) in [6.07, 6.45) is -4.37. The van der Waals surface area contributed by atoms with Crippen LogP contribution in [0.5, 0.6) is 0 Å². The Bertz CT molecular complexity index is 544. The third-order valence-corrected chi connectivity index (χ3v) is 2.52. The third-order valence-electron chi connectivity index (χ3n) is 2.52. The van der Waals surface area contributed by atoms with Gasteiger partial charge in [-0.05, 0) is 19.1 Å². The van der Waals surface area contributed by atoms with Crippen LogP contribution in [0.25, 0.3) is 11.0 Å². The lowest BCUT2D eigenvalue weighted by Crippen LogP contribution is -2.07. The molecule has 0 aliphatic heterocycles. The number of hydrogen-bond acceptors (Lipinski definition) is 3. The van der Waals surface area contributed by atoms with Crippen molar-refractivity contribution >= 4 is 16.7 Å². The van der Waals surface area contributed by atoms with Crippen molar-refractivity contribution in [2.45, 2.75) is 19.6 Å². The SMILES string of the molecule is CCn1nnc2c(NC)cc(C(F)(F)F)cc21.